The highest BCUT2D eigenvalue weighted by Crippen LogP contribution is 2.12. The number of aryl methyl sites for hydroxylation is 1. The molecule has 1 aromatic heterocycles. The van der Waals surface area contributed by atoms with Gasteiger partial charge in [-0.15, -0.1) is 0 Å². The van der Waals surface area contributed by atoms with Gasteiger partial charge in [0.15, 0.2) is 0 Å². The molecule has 0 spiro atoms. The Morgan fingerprint density at radius 1 is 1.50 bits per heavy atom. The standard InChI is InChI=1S/C12H13N3S/c1-9-6-10(12(13)16)2-3-11(9)7-15-5-4-14-8-15/h2-6,8H,7H2,1H3,(H2,13,16). The van der Waals surface area contributed by atoms with Crippen molar-refractivity contribution in [2.45, 2.75) is 13.5 Å². The van der Waals surface area contributed by atoms with Gasteiger partial charge in [0.05, 0.1) is 6.33 Å². The molecule has 0 amide bonds. The van der Waals surface area contributed by atoms with Gasteiger partial charge < -0.3 is 10.3 Å². The highest BCUT2D eigenvalue weighted by atomic mass is 32.1. The van der Waals surface area contributed by atoms with Crippen LogP contribution in [0.1, 0.15) is 16.7 Å². The van der Waals surface area contributed by atoms with Gasteiger partial charge in [-0.2, -0.15) is 0 Å². The third kappa shape index (κ3) is 2.28. The van der Waals surface area contributed by atoms with Crippen molar-refractivity contribution in [2.24, 2.45) is 5.73 Å². The second-order valence-electron chi connectivity index (χ2n) is 3.74. The lowest BCUT2D eigenvalue weighted by molar-refractivity contribution is 0.792. The van der Waals surface area contributed by atoms with Crippen molar-refractivity contribution in [3.05, 3.63) is 53.6 Å². The smallest absolute Gasteiger partial charge is 0.103 e. The zero-order valence-electron chi connectivity index (χ0n) is 9.05. The van der Waals surface area contributed by atoms with Gasteiger partial charge in [-0.1, -0.05) is 24.4 Å². The van der Waals surface area contributed by atoms with Crippen LogP contribution in [-0.2, 0) is 6.54 Å². The fourth-order valence-corrected chi connectivity index (χ4v) is 1.73. The van der Waals surface area contributed by atoms with E-state index in [0.717, 1.165) is 12.1 Å². The Morgan fingerprint density at radius 2 is 2.31 bits per heavy atom. The maximum atomic E-state index is 5.58. The van der Waals surface area contributed by atoms with E-state index in [1.54, 1.807) is 12.5 Å². The van der Waals surface area contributed by atoms with Crippen LogP contribution in [0.15, 0.2) is 36.9 Å². The summed E-state index contributed by atoms with van der Waals surface area (Å²) in [5.41, 5.74) is 8.95. The second-order valence-corrected chi connectivity index (χ2v) is 4.18. The molecule has 0 atom stereocenters. The maximum Gasteiger partial charge on any atom is 0.103 e. The zero-order valence-corrected chi connectivity index (χ0v) is 9.87. The topological polar surface area (TPSA) is 43.8 Å². The van der Waals surface area contributed by atoms with E-state index < -0.39 is 0 Å². The number of aromatic nitrogens is 2. The van der Waals surface area contributed by atoms with Crippen molar-refractivity contribution in [3.63, 3.8) is 0 Å². The predicted octanol–water partition coefficient (Wildman–Crippen LogP) is 1.87. The van der Waals surface area contributed by atoms with Gasteiger partial charge in [0, 0.05) is 24.5 Å². The van der Waals surface area contributed by atoms with Crippen LogP contribution in [0.3, 0.4) is 0 Å². The number of hydrogen-bond donors (Lipinski definition) is 1. The number of nitrogens with two attached hydrogens (primary N) is 1. The summed E-state index contributed by atoms with van der Waals surface area (Å²) in [6, 6.07) is 6.04. The lowest BCUT2D eigenvalue weighted by Gasteiger charge is -2.08. The van der Waals surface area contributed by atoms with Crippen molar-refractivity contribution in [3.8, 4) is 0 Å². The number of thiocarbonyl (C=S) groups is 1. The predicted molar refractivity (Wildman–Crippen MR) is 68.4 cm³/mol. The van der Waals surface area contributed by atoms with Crippen LogP contribution in [-0.4, -0.2) is 14.5 Å². The first-order valence-electron chi connectivity index (χ1n) is 5.02. The largest absolute Gasteiger partial charge is 0.389 e. The van der Waals surface area contributed by atoms with Crippen LogP contribution in [0.5, 0.6) is 0 Å². The summed E-state index contributed by atoms with van der Waals surface area (Å²) < 4.78 is 2.03. The Bertz CT molecular complexity index is 503. The van der Waals surface area contributed by atoms with Gasteiger partial charge in [-0.3, -0.25) is 0 Å². The maximum absolute atomic E-state index is 5.58. The third-order valence-electron chi connectivity index (χ3n) is 2.54. The Hall–Kier alpha value is -1.68. The molecule has 0 radical (unpaired) electrons. The second kappa shape index (κ2) is 4.45. The SMILES string of the molecule is Cc1cc(C(N)=S)ccc1Cn1ccnc1. The van der Waals surface area contributed by atoms with Gasteiger partial charge >= 0.3 is 0 Å². The molecule has 2 rings (SSSR count). The summed E-state index contributed by atoms with van der Waals surface area (Å²) in [5, 5.41) is 0. The number of imidazole rings is 1. The fourth-order valence-electron chi connectivity index (χ4n) is 1.60. The minimum Gasteiger partial charge on any atom is -0.389 e. The summed E-state index contributed by atoms with van der Waals surface area (Å²) in [5.74, 6) is 0. The van der Waals surface area contributed by atoms with Gasteiger partial charge in [0.25, 0.3) is 0 Å². The van der Waals surface area contributed by atoms with Crippen LogP contribution in [0.25, 0.3) is 0 Å². The number of benzene rings is 1. The van der Waals surface area contributed by atoms with Crippen molar-refractivity contribution < 1.29 is 0 Å². The van der Waals surface area contributed by atoms with E-state index in [0.29, 0.717) is 4.99 Å². The average molecular weight is 231 g/mol. The van der Waals surface area contributed by atoms with Crippen molar-refractivity contribution in [2.75, 3.05) is 0 Å². The lowest BCUT2D eigenvalue weighted by atomic mass is 10.1. The molecule has 82 valence electrons. The lowest BCUT2D eigenvalue weighted by Crippen LogP contribution is -2.10. The molecule has 0 saturated heterocycles. The molecule has 0 aliphatic heterocycles. The Labute approximate surface area is 99.9 Å². The molecular weight excluding hydrogens is 218 g/mol. The van der Waals surface area contributed by atoms with E-state index in [1.165, 1.54) is 11.1 Å². The fraction of sp³-hybridized carbons (Fsp3) is 0.167. The van der Waals surface area contributed by atoms with Crippen LogP contribution in [0, 0.1) is 6.92 Å². The number of nitrogens with zero attached hydrogens (tertiary/aromatic N) is 2. The molecule has 0 aliphatic carbocycles. The van der Waals surface area contributed by atoms with E-state index in [1.807, 2.05) is 22.9 Å². The summed E-state index contributed by atoms with van der Waals surface area (Å²) >= 11 is 4.94. The van der Waals surface area contributed by atoms with E-state index in [4.69, 9.17) is 18.0 Å². The molecule has 2 N–H and O–H groups in total. The first-order chi connectivity index (χ1) is 7.66. The summed E-state index contributed by atoms with van der Waals surface area (Å²) in [4.78, 5) is 4.46. The molecule has 1 heterocycles. The minimum absolute atomic E-state index is 0.442. The molecule has 4 heteroatoms. The molecule has 0 unspecified atom stereocenters. The van der Waals surface area contributed by atoms with Gasteiger partial charge in [-0.25, -0.2) is 4.98 Å². The summed E-state index contributed by atoms with van der Waals surface area (Å²) in [6.07, 6.45) is 5.53. The first-order valence-corrected chi connectivity index (χ1v) is 5.42. The van der Waals surface area contributed by atoms with Gasteiger partial charge in [-0.05, 0) is 24.1 Å². The average Bonchev–Trinajstić information content (AvgIpc) is 2.73. The van der Waals surface area contributed by atoms with Crippen LogP contribution in [0.4, 0.5) is 0 Å². The van der Waals surface area contributed by atoms with Crippen molar-refractivity contribution in [1.29, 1.82) is 0 Å². The van der Waals surface area contributed by atoms with Gasteiger partial charge in [0.1, 0.15) is 4.99 Å². The van der Waals surface area contributed by atoms with Crippen LogP contribution in [0.2, 0.25) is 0 Å². The van der Waals surface area contributed by atoms with Crippen LogP contribution < -0.4 is 5.73 Å². The van der Waals surface area contributed by atoms with E-state index in [9.17, 15) is 0 Å². The number of rotatable bonds is 3. The quantitative estimate of drug-likeness (QED) is 0.820. The minimum atomic E-state index is 0.442. The molecule has 0 saturated carbocycles. The highest BCUT2D eigenvalue weighted by Gasteiger charge is 2.02. The normalized spacial score (nSPS) is 10.3. The van der Waals surface area contributed by atoms with E-state index >= 15 is 0 Å². The molecule has 0 aliphatic rings. The molecule has 0 bridgehead atoms. The molecule has 16 heavy (non-hydrogen) atoms. The Morgan fingerprint density at radius 3 is 2.88 bits per heavy atom. The molecule has 3 nitrogen and oxygen atoms in total. The van der Waals surface area contributed by atoms with E-state index in [2.05, 4.69) is 18.0 Å². The Kier molecular flexibility index (Phi) is 3.01. The molecule has 1 aromatic carbocycles. The van der Waals surface area contributed by atoms with E-state index in [-0.39, 0.29) is 0 Å². The summed E-state index contributed by atoms with van der Waals surface area (Å²) in [7, 11) is 0. The monoisotopic (exact) mass is 231 g/mol. The van der Waals surface area contributed by atoms with Crippen LogP contribution >= 0.6 is 12.2 Å². The third-order valence-corrected chi connectivity index (χ3v) is 2.77. The van der Waals surface area contributed by atoms with Gasteiger partial charge in [0.2, 0.25) is 0 Å². The van der Waals surface area contributed by atoms with Crippen molar-refractivity contribution >= 4 is 17.2 Å². The molecule has 0 fully saturated rings. The number of hydrogen-bond acceptors (Lipinski definition) is 2. The molecular formula is C12H13N3S. The molecule has 2 aromatic rings. The van der Waals surface area contributed by atoms with Crippen molar-refractivity contribution in [1.82, 2.24) is 9.55 Å². The highest BCUT2D eigenvalue weighted by molar-refractivity contribution is 7.80. The summed E-state index contributed by atoms with van der Waals surface area (Å²) in [6.45, 7) is 2.89. The Balaban J connectivity index is 2.26. The zero-order chi connectivity index (χ0) is 11.5. The first kappa shape index (κ1) is 10.8.